The minimum atomic E-state index is -0.512. The summed E-state index contributed by atoms with van der Waals surface area (Å²) in [4.78, 5) is 12.2. The minimum absolute atomic E-state index is 0.151. The van der Waals surface area contributed by atoms with Crippen LogP contribution in [0.2, 0.25) is 0 Å². The van der Waals surface area contributed by atoms with E-state index in [9.17, 15) is 9.18 Å². The van der Waals surface area contributed by atoms with E-state index in [0.29, 0.717) is 4.47 Å². The van der Waals surface area contributed by atoms with Gasteiger partial charge in [0.1, 0.15) is 11.9 Å². The zero-order chi connectivity index (χ0) is 14.9. The molecule has 0 radical (unpaired) electrons. The van der Waals surface area contributed by atoms with Crippen LogP contribution in [0, 0.1) is 19.7 Å². The van der Waals surface area contributed by atoms with Crippen molar-refractivity contribution in [3.05, 3.63) is 45.9 Å². The number of nitrogens with zero attached hydrogens (tertiary/aromatic N) is 2. The molecule has 0 saturated carbocycles. The Balaban J connectivity index is 2.19. The SMILES string of the molecule is Cc1cc(C)n([C@@H](C)C(=O)Nc2cc(Br)ccc2F)n1. The van der Waals surface area contributed by atoms with Gasteiger partial charge in [-0.1, -0.05) is 15.9 Å². The van der Waals surface area contributed by atoms with Crippen molar-refractivity contribution in [2.45, 2.75) is 26.8 Å². The standard InChI is InChI=1S/C14H15BrFN3O/c1-8-6-9(2)19(18-8)10(3)14(20)17-13-7-11(15)4-5-12(13)16/h4-7,10H,1-3H3,(H,17,20)/t10-/m0/s1. The van der Waals surface area contributed by atoms with Gasteiger partial charge >= 0.3 is 0 Å². The van der Waals surface area contributed by atoms with Crippen LogP contribution < -0.4 is 5.32 Å². The molecule has 0 aliphatic rings. The number of carbonyl (C=O) groups excluding carboxylic acids is 1. The van der Waals surface area contributed by atoms with Gasteiger partial charge in [0, 0.05) is 10.2 Å². The topological polar surface area (TPSA) is 46.9 Å². The van der Waals surface area contributed by atoms with Crippen LogP contribution in [-0.4, -0.2) is 15.7 Å². The average Bonchev–Trinajstić information content (AvgIpc) is 2.72. The highest BCUT2D eigenvalue weighted by atomic mass is 79.9. The molecule has 2 aromatic rings. The van der Waals surface area contributed by atoms with Gasteiger partial charge in [-0.3, -0.25) is 9.48 Å². The fourth-order valence-corrected chi connectivity index (χ4v) is 2.34. The molecule has 0 fully saturated rings. The van der Waals surface area contributed by atoms with Crippen molar-refractivity contribution in [3.63, 3.8) is 0 Å². The number of amides is 1. The summed E-state index contributed by atoms with van der Waals surface area (Å²) in [5.41, 5.74) is 1.88. The van der Waals surface area contributed by atoms with Crippen molar-refractivity contribution in [1.29, 1.82) is 0 Å². The maximum atomic E-state index is 13.6. The third kappa shape index (κ3) is 3.07. The van der Waals surface area contributed by atoms with E-state index in [0.717, 1.165) is 11.4 Å². The van der Waals surface area contributed by atoms with E-state index in [1.165, 1.54) is 12.1 Å². The maximum absolute atomic E-state index is 13.6. The Kier molecular flexibility index (Phi) is 4.23. The van der Waals surface area contributed by atoms with Gasteiger partial charge in [0.05, 0.1) is 11.4 Å². The van der Waals surface area contributed by atoms with Crippen LogP contribution in [0.1, 0.15) is 24.4 Å². The second-order valence-corrected chi connectivity index (χ2v) is 5.58. The van der Waals surface area contributed by atoms with Gasteiger partial charge in [-0.15, -0.1) is 0 Å². The highest BCUT2D eigenvalue weighted by molar-refractivity contribution is 9.10. The second-order valence-electron chi connectivity index (χ2n) is 4.66. The number of aryl methyl sites for hydroxylation is 2. The molecule has 1 aromatic carbocycles. The van der Waals surface area contributed by atoms with Gasteiger partial charge in [-0.2, -0.15) is 5.10 Å². The molecule has 1 aromatic heterocycles. The molecule has 1 amide bonds. The highest BCUT2D eigenvalue weighted by Gasteiger charge is 2.19. The summed E-state index contributed by atoms with van der Waals surface area (Å²) in [5, 5.41) is 6.85. The first-order chi connectivity index (χ1) is 9.38. The number of hydrogen-bond donors (Lipinski definition) is 1. The zero-order valence-corrected chi connectivity index (χ0v) is 13.0. The third-order valence-electron chi connectivity index (χ3n) is 2.98. The zero-order valence-electron chi connectivity index (χ0n) is 11.4. The highest BCUT2D eigenvalue weighted by Crippen LogP contribution is 2.21. The predicted molar refractivity (Wildman–Crippen MR) is 79.1 cm³/mol. The van der Waals surface area contributed by atoms with Crippen LogP contribution in [0.4, 0.5) is 10.1 Å². The number of nitrogens with one attached hydrogen (secondary N) is 1. The maximum Gasteiger partial charge on any atom is 0.249 e. The summed E-state index contributed by atoms with van der Waals surface area (Å²) >= 11 is 3.25. The van der Waals surface area contributed by atoms with Crippen molar-refractivity contribution >= 4 is 27.5 Å². The molecule has 1 atom stereocenters. The van der Waals surface area contributed by atoms with Crippen LogP contribution in [0.3, 0.4) is 0 Å². The molecule has 1 heterocycles. The Hall–Kier alpha value is -1.69. The molecule has 0 aliphatic carbocycles. The van der Waals surface area contributed by atoms with Crippen LogP contribution in [0.25, 0.3) is 0 Å². The Bertz CT molecular complexity index is 654. The first-order valence-corrected chi connectivity index (χ1v) is 6.96. The van der Waals surface area contributed by atoms with Crippen LogP contribution in [0.15, 0.2) is 28.7 Å². The monoisotopic (exact) mass is 339 g/mol. The van der Waals surface area contributed by atoms with Gasteiger partial charge in [0.2, 0.25) is 5.91 Å². The van der Waals surface area contributed by atoms with Gasteiger partial charge in [-0.05, 0) is 45.0 Å². The van der Waals surface area contributed by atoms with Gasteiger partial charge < -0.3 is 5.32 Å². The predicted octanol–water partition coefficient (Wildman–Crippen LogP) is 3.60. The number of rotatable bonds is 3. The van der Waals surface area contributed by atoms with E-state index < -0.39 is 11.9 Å². The number of aromatic nitrogens is 2. The van der Waals surface area contributed by atoms with Gasteiger partial charge in [-0.25, -0.2) is 4.39 Å². The molecule has 0 aliphatic heterocycles. The minimum Gasteiger partial charge on any atom is -0.322 e. The lowest BCUT2D eigenvalue weighted by Gasteiger charge is -2.15. The quantitative estimate of drug-likeness (QED) is 0.928. The Morgan fingerprint density at radius 2 is 2.10 bits per heavy atom. The smallest absolute Gasteiger partial charge is 0.249 e. The molecule has 106 valence electrons. The lowest BCUT2D eigenvalue weighted by atomic mass is 10.2. The van der Waals surface area contributed by atoms with Crippen molar-refractivity contribution in [2.75, 3.05) is 5.32 Å². The molecule has 4 nitrogen and oxygen atoms in total. The Morgan fingerprint density at radius 3 is 2.70 bits per heavy atom. The number of benzene rings is 1. The molecule has 0 saturated heterocycles. The fraction of sp³-hybridized carbons (Fsp3) is 0.286. The van der Waals surface area contributed by atoms with Gasteiger partial charge in [0.15, 0.2) is 0 Å². The van der Waals surface area contributed by atoms with E-state index in [1.54, 1.807) is 17.7 Å². The summed E-state index contributed by atoms with van der Waals surface area (Å²) in [6, 6.07) is 5.79. The third-order valence-corrected chi connectivity index (χ3v) is 3.47. The summed E-state index contributed by atoms with van der Waals surface area (Å²) in [5.74, 6) is -0.782. The first kappa shape index (κ1) is 14.7. The van der Waals surface area contributed by atoms with Crippen molar-refractivity contribution in [2.24, 2.45) is 0 Å². The van der Waals surface area contributed by atoms with E-state index in [1.807, 2.05) is 19.9 Å². The fourth-order valence-electron chi connectivity index (χ4n) is 1.98. The molecule has 0 bridgehead atoms. The molecular weight excluding hydrogens is 325 g/mol. The Morgan fingerprint density at radius 1 is 1.40 bits per heavy atom. The molecule has 6 heteroatoms. The van der Waals surface area contributed by atoms with E-state index in [-0.39, 0.29) is 11.6 Å². The van der Waals surface area contributed by atoms with E-state index in [4.69, 9.17) is 0 Å². The second kappa shape index (κ2) is 5.75. The summed E-state index contributed by atoms with van der Waals surface area (Å²) in [6.45, 7) is 5.47. The molecule has 1 N–H and O–H groups in total. The lowest BCUT2D eigenvalue weighted by Crippen LogP contribution is -2.25. The lowest BCUT2D eigenvalue weighted by molar-refractivity contribution is -0.119. The average molecular weight is 340 g/mol. The molecule has 20 heavy (non-hydrogen) atoms. The van der Waals surface area contributed by atoms with Crippen LogP contribution in [0.5, 0.6) is 0 Å². The molecular formula is C14H15BrFN3O. The van der Waals surface area contributed by atoms with Crippen molar-refractivity contribution < 1.29 is 9.18 Å². The largest absolute Gasteiger partial charge is 0.322 e. The van der Waals surface area contributed by atoms with Crippen molar-refractivity contribution in [1.82, 2.24) is 9.78 Å². The summed E-state index contributed by atoms with van der Waals surface area (Å²) < 4.78 is 15.9. The Labute approximate surface area is 125 Å². The van der Waals surface area contributed by atoms with Gasteiger partial charge in [0.25, 0.3) is 0 Å². The van der Waals surface area contributed by atoms with Crippen molar-refractivity contribution in [3.8, 4) is 0 Å². The normalized spacial score (nSPS) is 12.2. The number of halogens is 2. The number of carbonyl (C=O) groups is 1. The van der Waals surface area contributed by atoms with E-state index in [2.05, 4.69) is 26.3 Å². The first-order valence-electron chi connectivity index (χ1n) is 6.17. The molecule has 0 unspecified atom stereocenters. The molecule has 2 rings (SSSR count). The van der Waals surface area contributed by atoms with E-state index >= 15 is 0 Å². The summed E-state index contributed by atoms with van der Waals surface area (Å²) in [7, 11) is 0. The number of anilines is 1. The molecule has 0 spiro atoms. The van der Waals surface area contributed by atoms with Crippen LogP contribution in [-0.2, 0) is 4.79 Å². The van der Waals surface area contributed by atoms with Crippen LogP contribution >= 0.6 is 15.9 Å². The number of hydrogen-bond acceptors (Lipinski definition) is 2. The summed E-state index contributed by atoms with van der Waals surface area (Å²) in [6.07, 6.45) is 0.